The molecule has 732 valence electrons. The number of aliphatic hydroxyl groups excluding tert-OH is 3. The lowest BCUT2D eigenvalue weighted by atomic mass is 9.82. The summed E-state index contributed by atoms with van der Waals surface area (Å²) >= 11 is -36.3. The Morgan fingerprint density at radius 3 is 0.944 bits per heavy atom. The lowest BCUT2D eigenvalue weighted by Gasteiger charge is -2.49. The first-order valence-corrected chi connectivity index (χ1v) is 46.8. The van der Waals surface area contributed by atoms with Gasteiger partial charge in [0.05, 0.1) is 89.0 Å². The molecule has 24 unspecified atom stereocenters. The van der Waals surface area contributed by atoms with Crippen molar-refractivity contribution in [2.75, 3.05) is 46.2 Å². The van der Waals surface area contributed by atoms with Crippen molar-refractivity contribution < 1.29 is 291 Å². The highest BCUT2D eigenvalue weighted by molar-refractivity contribution is 7.81. The molecule has 7 saturated heterocycles. The average Bonchev–Trinajstić information content (AvgIpc) is 0.779. The molecule has 64 nitrogen and oxygen atoms in total. The van der Waals surface area contributed by atoms with Gasteiger partial charge < -0.3 is 122 Å². The van der Waals surface area contributed by atoms with E-state index in [0.717, 1.165) is 41.5 Å². The van der Waals surface area contributed by atoms with E-state index in [1.807, 2.05) is 0 Å². The van der Waals surface area contributed by atoms with Crippen LogP contribution >= 0.6 is 0 Å². The molecule has 5 N–H and O–H groups in total. The maximum atomic E-state index is 12.5. The summed E-state index contributed by atoms with van der Waals surface area (Å²) < 4.78 is 437. The van der Waals surface area contributed by atoms with Crippen LogP contribution in [0.4, 0.5) is 0 Å². The van der Waals surface area contributed by atoms with Gasteiger partial charge in [-0.25, -0.2) is 99.3 Å². The van der Waals surface area contributed by atoms with E-state index in [2.05, 4.69) is 47.5 Å². The fourth-order valence-electron chi connectivity index (χ4n) is 13.4. The van der Waals surface area contributed by atoms with Crippen LogP contribution in [0.3, 0.4) is 0 Å². The van der Waals surface area contributed by atoms with Gasteiger partial charge in [0.2, 0.25) is 0 Å². The second kappa shape index (κ2) is 52.5. The van der Waals surface area contributed by atoms with Crippen molar-refractivity contribution in [2.45, 2.75) is 220 Å². The number of hydrogen-bond donors (Lipinski definition) is 5. The quantitative estimate of drug-likeness (QED) is 0.0163. The van der Waals surface area contributed by atoms with E-state index < -0.39 is 388 Å². The zero-order valence-corrected chi connectivity index (χ0v) is 72.6. The van der Waals surface area contributed by atoms with Crippen molar-refractivity contribution in [1.29, 1.82) is 0 Å². The smallest absolute Gasteiger partial charge is 0.397 e. The van der Waals surface area contributed by atoms with Crippen LogP contribution < -0.4 is 0 Å². The molecule has 0 bridgehead atoms. The third kappa shape index (κ3) is 34.3. The van der Waals surface area contributed by atoms with Gasteiger partial charge in [-0.1, -0.05) is 0 Å². The number of rotatable bonds is 52. The van der Waals surface area contributed by atoms with Crippen molar-refractivity contribution in [2.24, 2.45) is 35.5 Å². The molecule has 76 heteroatoms. The maximum absolute atomic E-state index is 12.5. The fraction of sp³-hybridized carbons (Fsp3) is 1.00. The molecule has 0 radical (unpaired) electrons. The highest BCUT2D eigenvalue weighted by Crippen LogP contribution is 2.44. The van der Waals surface area contributed by atoms with E-state index in [4.69, 9.17) is 115 Å². The van der Waals surface area contributed by atoms with Crippen molar-refractivity contribution in [1.82, 2.24) is 0 Å². The van der Waals surface area contributed by atoms with Gasteiger partial charge in [0.25, 0.3) is 0 Å². The largest absolute Gasteiger partial charge is 0.748 e. The van der Waals surface area contributed by atoms with Crippen LogP contribution in [0.1, 0.15) is 48.5 Å². The highest BCUT2D eigenvalue weighted by atomic mass is 32.3. The Labute approximate surface area is 723 Å². The van der Waals surface area contributed by atoms with Gasteiger partial charge in [0.15, 0.2) is 62.2 Å². The van der Waals surface area contributed by atoms with Gasteiger partial charge in [0, 0.05) is 35.5 Å². The molecule has 44 atom stereocenters. The Morgan fingerprint density at radius 1 is 0.266 bits per heavy atom. The molecule has 7 aliphatic heterocycles. The molecule has 7 fully saturated rings. The normalized spacial score (nSPS) is 40.3. The van der Waals surface area contributed by atoms with Crippen LogP contribution in [0.2, 0.25) is 0 Å². The minimum atomic E-state index is -5.85. The van der Waals surface area contributed by atoms with Crippen LogP contribution in [0, 0.1) is 35.5 Å². The summed E-state index contributed by atoms with van der Waals surface area (Å²) in [7, 11) is -11.5. The van der Waals surface area contributed by atoms with E-state index in [-0.39, 0.29) is 0 Å². The summed E-state index contributed by atoms with van der Waals surface area (Å²) in [6.07, 6.45) is -58.0. The second-order valence-corrected chi connectivity index (χ2v) is 33.7. The zero-order chi connectivity index (χ0) is 92.1. The predicted octanol–water partition coefficient (Wildman–Crippen LogP) is -9.76. The fourth-order valence-corrected chi connectivity index (χ4v) is 15.9. The summed E-state index contributed by atoms with van der Waals surface area (Å²) in [4.78, 5) is 50.6. The summed E-state index contributed by atoms with van der Waals surface area (Å²) in [6, 6.07) is 0. The highest BCUT2D eigenvalue weighted by Gasteiger charge is 2.58. The van der Waals surface area contributed by atoms with Crippen molar-refractivity contribution in [3.8, 4) is 0 Å². The third-order valence-corrected chi connectivity index (χ3v) is 21.4. The molecule has 0 saturated carbocycles. The van der Waals surface area contributed by atoms with E-state index in [1.165, 1.54) is 6.92 Å². The predicted molar refractivity (Wildman–Crippen MR) is 358 cm³/mol. The van der Waals surface area contributed by atoms with Gasteiger partial charge in [-0.05, 0) is 48.5 Å². The number of aliphatic hydroxyl groups is 3. The SMILES string of the molecule is CC1O[C@@H](OCC2[C@H](OCC3[C@H](OC[C@@H]4C(OOS(=O)[O-])COC(C)[C@H]4OOS(=O)[O-])OC(C)[C@@H](OOS(=O)[O-])[C@@H]3CO[C@@H]3OC(C)[C@@H](OOS(=O)[O-])[C@H](OS(=O)(=O)O)C3OOS(=O)[O-])OC(C)[C@@H](OOS(=O)[O-])[C@@H]2CO[C@@H]2OC(C)[C@@H](OOS(=O)[O-])[C@H](CO[C@@H]3OC(C)[C@@H](OOS(=O)[O-])[C@H](O)C3OOS(=O)[O-])C2OOS(=O)[O-])C(O)[C@@H](OS(=O)(=O)O)[C@@H]1O. The van der Waals surface area contributed by atoms with Gasteiger partial charge in [-0.15, -0.1) is 43.3 Å². The second-order valence-electron chi connectivity index (χ2n) is 26.1. The van der Waals surface area contributed by atoms with Crippen molar-refractivity contribution >= 4 is 134 Å². The monoisotopic (exact) mass is 2060 g/mol. The van der Waals surface area contributed by atoms with E-state index in [0.29, 0.717) is 0 Å². The number of hydrogen-bond acceptors (Lipinski definition) is 62. The van der Waals surface area contributed by atoms with Crippen LogP contribution in [-0.2, 0) is 297 Å². The van der Waals surface area contributed by atoms with Gasteiger partial charge >= 0.3 is 20.8 Å². The average molecular weight is 2060 g/mol. The Balaban J connectivity index is 1.40. The topological polar surface area (TPSA) is 894 Å². The van der Waals surface area contributed by atoms with Crippen LogP contribution in [-0.4, -0.2) is 347 Å². The minimum absolute atomic E-state index is 0.655. The van der Waals surface area contributed by atoms with E-state index >= 15 is 0 Å². The minimum Gasteiger partial charge on any atom is -0.748 e. The summed E-state index contributed by atoms with van der Waals surface area (Å²) in [6.45, 7) is -0.0495. The van der Waals surface area contributed by atoms with Gasteiger partial charge in [-0.2, -0.15) is 16.8 Å². The Morgan fingerprint density at radius 2 is 0.532 bits per heavy atom. The molecule has 124 heavy (non-hydrogen) atoms. The molecule has 7 heterocycles. The lowest BCUT2D eigenvalue weighted by molar-refractivity contribution is -0.413. The molecule has 0 aromatic heterocycles. The molecule has 0 amide bonds. The third-order valence-electron chi connectivity index (χ3n) is 18.6. The summed E-state index contributed by atoms with van der Waals surface area (Å²) in [5, 5.41) is 33.9. The Kier molecular flexibility index (Phi) is 46.7. The van der Waals surface area contributed by atoms with Crippen molar-refractivity contribution in [3.05, 3.63) is 0 Å². The van der Waals surface area contributed by atoms with Crippen LogP contribution in [0.15, 0.2) is 0 Å². The summed E-state index contributed by atoms with van der Waals surface area (Å²) in [5.74, 6) is -11.3. The van der Waals surface area contributed by atoms with Gasteiger partial charge in [0.1, 0.15) is 181 Å². The van der Waals surface area contributed by atoms with Crippen LogP contribution in [0.5, 0.6) is 0 Å². The van der Waals surface area contributed by atoms with Crippen molar-refractivity contribution in [3.63, 3.8) is 0 Å². The Bertz CT molecular complexity index is 3760. The lowest BCUT2D eigenvalue weighted by Crippen LogP contribution is -2.62. The first-order valence-electron chi connectivity index (χ1n) is 34.0. The Hall–Kier alpha value is -0.600. The van der Waals surface area contributed by atoms with E-state index in [1.54, 1.807) is 0 Å². The molecule has 7 aliphatic rings. The first-order chi connectivity index (χ1) is 58.1. The van der Waals surface area contributed by atoms with Gasteiger partial charge in [-0.3, -0.25) is 9.11 Å². The first kappa shape index (κ1) is 110. The number of ether oxygens (including phenoxy) is 13. The zero-order valence-electron chi connectivity index (χ0n) is 62.8. The molecule has 0 aromatic rings. The molecule has 0 aliphatic carbocycles. The molecular weight excluding hydrogens is 1990 g/mol. The molecular formula is C48H74O64S12-10. The molecule has 0 spiro atoms. The maximum Gasteiger partial charge on any atom is 0.397 e. The molecule has 7 rings (SSSR count). The standard InChI is InChI=1S/C48H84O64S12/c1-15-29(49)39(101-123(72,73)74)31(51)45(85-15)81-11-25-22(8-82-46-38(98-110-120(66)67)27(35(19(5)88-46)95-107-117(60)61)13-84-47-40(99-111-121(68)69)30(50)36(20(6)89-47)96-108-118(62)63)33(93-105-115(56)57)17(3)86-43(25)79-10-24-23(9-83-48-42(100-112-122(70)71)41(102-124(75,76)77)37(21(7)90-48)97-109-119(64)65)34(94-106-116(58)59)18(4)87-44(24)80-12-26-28(91-103-113(52)53)14-78-16(2)32(26)92-104-114(54)55/h15-51H,8-14H2,1-7H3,(H,52,53)(H,54,55)(H,56,57)(H,58,59)(H,60,61)(H,62,63)(H,64,65)(H,66,67)(H,68,69)(H,70,71)(H,72,73,74)(H,75,76,77)/p-10/t15?,16?,17?,18?,19?,20?,21?,22-,23-,24?,25?,26-,27+,28?,29-,30+,31?,32-,33-,34-,35-,36-,37-,38?,39+,40?,41+,42?,43-,44-,45-,46-,47-,48-/m1/s1. The summed E-state index contributed by atoms with van der Waals surface area (Å²) in [5.41, 5.74) is 0. The van der Waals surface area contributed by atoms with E-state index in [9.17, 15) is 129 Å². The molecule has 0 aromatic carbocycles. The van der Waals surface area contributed by atoms with Crippen LogP contribution in [0.25, 0.3) is 0 Å².